The van der Waals surface area contributed by atoms with Crippen LogP contribution in [0.1, 0.15) is 24.2 Å². The van der Waals surface area contributed by atoms with E-state index >= 15 is 0 Å². The maximum Gasteiger partial charge on any atom is 0.378 e. The largest absolute Gasteiger partial charge is 0.497 e. The first-order valence-corrected chi connectivity index (χ1v) is 8.16. The highest BCUT2D eigenvalue weighted by molar-refractivity contribution is 6.37. The van der Waals surface area contributed by atoms with Gasteiger partial charge in [-0.05, 0) is 38.1 Å². The summed E-state index contributed by atoms with van der Waals surface area (Å²) in [4.78, 5) is 36.0. The fourth-order valence-electron chi connectivity index (χ4n) is 2.85. The van der Waals surface area contributed by atoms with Gasteiger partial charge in [-0.15, -0.1) is 0 Å². The highest BCUT2D eigenvalue weighted by atomic mass is 16.8. The lowest BCUT2D eigenvalue weighted by molar-refractivity contribution is -0.167. The topological polar surface area (TPSA) is 97.4 Å². The molecule has 2 saturated heterocycles. The number of Topliss-reactive ketones (excluding diaryl/α,β-unsaturated/α-hetero) is 2. The van der Waals surface area contributed by atoms with Gasteiger partial charge in [-0.25, -0.2) is 4.79 Å². The molecule has 0 unspecified atom stereocenters. The Morgan fingerprint density at radius 3 is 2.50 bits per heavy atom. The molecule has 0 aliphatic carbocycles. The number of ether oxygens (including phenoxy) is 5. The third-order valence-corrected chi connectivity index (χ3v) is 4.20. The summed E-state index contributed by atoms with van der Waals surface area (Å²) in [5.41, 5.74) is 0.404. The molecule has 0 saturated carbocycles. The van der Waals surface area contributed by atoms with Crippen molar-refractivity contribution in [2.24, 2.45) is 0 Å². The van der Waals surface area contributed by atoms with Crippen LogP contribution < -0.4 is 4.74 Å². The molecule has 26 heavy (non-hydrogen) atoms. The van der Waals surface area contributed by atoms with Gasteiger partial charge < -0.3 is 23.7 Å². The molecular weight excluding hydrogens is 344 g/mol. The van der Waals surface area contributed by atoms with E-state index in [0.29, 0.717) is 11.3 Å². The van der Waals surface area contributed by atoms with Crippen LogP contribution in [-0.2, 0) is 28.5 Å². The molecule has 140 valence electrons. The van der Waals surface area contributed by atoms with Crippen LogP contribution in [0.4, 0.5) is 0 Å². The minimum Gasteiger partial charge on any atom is -0.497 e. The summed E-state index contributed by atoms with van der Waals surface area (Å²) in [6, 6.07) is 6.48. The third-order valence-electron chi connectivity index (χ3n) is 4.20. The number of hydrogen-bond acceptors (Lipinski definition) is 8. The fraction of sp³-hybridized carbons (Fsp3) is 0.500. The van der Waals surface area contributed by atoms with Crippen LogP contribution in [0.2, 0.25) is 0 Å². The van der Waals surface area contributed by atoms with Gasteiger partial charge in [0.15, 0.2) is 23.8 Å². The smallest absolute Gasteiger partial charge is 0.378 e. The van der Waals surface area contributed by atoms with Crippen LogP contribution in [0.25, 0.3) is 0 Å². The van der Waals surface area contributed by atoms with Gasteiger partial charge in [-0.1, -0.05) is 0 Å². The number of ketones is 2. The highest BCUT2D eigenvalue weighted by Gasteiger charge is 2.52. The van der Waals surface area contributed by atoms with Crippen molar-refractivity contribution in [3.8, 4) is 5.75 Å². The van der Waals surface area contributed by atoms with Gasteiger partial charge in [0.05, 0.1) is 13.7 Å². The predicted molar refractivity (Wildman–Crippen MR) is 86.9 cm³/mol. The van der Waals surface area contributed by atoms with E-state index in [-0.39, 0.29) is 19.0 Å². The molecule has 2 aliphatic heterocycles. The molecule has 8 heteroatoms. The van der Waals surface area contributed by atoms with E-state index in [1.165, 1.54) is 7.11 Å². The van der Waals surface area contributed by atoms with Crippen LogP contribution >= 0.6 is 0 Å². The normalized spacial score (nSPS) is 27.4. The average molecular weight is 364 g/mol. The van der Waals surface area contributed by atoms with Gasteiger partial charge in [0.2, 0.25) is 0 Å². The van der Waals surface area contributed by atoms with Gasteiger partial charge in [-0.3, -0.25) is 9.59 Å². The lowest BCUT2D eigenvalue weighted by Crippen LogP contribution is -2.41. The first kappa shape index (κ1) is 18.5. The lowest BCUT2D eigenvalue weighted by atomic mass is 10.1. The summed E-state index contributed by atoms with van der Waals surface area (Å²) in [7, 11) is 1.53. The van der Waals surface area contributed by atoms with Crippen molar-refractivity contribution in [3.63, 3.8) is 0 Å². The summed E-state index contributed by atoms with van der Waals surface area (Å²) in [5.74, 6) is -2.38. The van der Waals surface area contributed by atoms with Gasteiger partial charge in [0.25, 0.3) is 5.78 Å². The Hall–Kier alpha value is -2.29. The molecule has 2 heterocycles. The summed E-state index contributed by atoms with van der Waals surface area (Å²) in [6.07, 6.45) is -2.78. The standard InChI is InChI=1S/C18H20O8/c1-18(2)24-9-13(26-18)15-16(14(20)17(21)25-15)23-8-12(19)10-4-6-11(22-3)7-5-10/h4-7,13,15-16H,8-9H2,1-3H3/t13-,15+,16-/m0/s1. The summed E-state index contributed by atoms with van der Waals surface area (Å²) >= 11 is 0. The molecule has 0 N–H and O–H groups in total. The summed E-state index contributed by atoms with van der Waals surface area (Å²) < 4.78 is 26.7. The second-order valence-corrected chi connectivity index (χ2v) is 6.48. The molecule has 0 aromatic heterocycles. The van der Waals surface area contributed by atoms with Crippen molar-refractivity contribution >= 4 is 17.5 Å². The fourth-order valence-corrected chi connectivity index (χ4v) is 2.85. The number of carbonyl (C=O) groups is 3. The van der Waals surface area contributed by atoms with E-state index in [4.69, 9.17) is 23.7 Å². The van der Waals surface area contributed by atoms with Gasteiger partial charge in [0, 0.05) is 5.56 Å². The number of benzene rings is 1. The molecule has 1 aromatic rings. The van der Waals surface area contributed by atoms with E-state index in [2.05, 4.69) is 0 Å². The Morgan fingerprint density at radius 2 is 1.92 bits per heavy atom. The summed E-state index contributed by atoms with van der Waals surface area (Å²) in [5, 5.41) is 0. The monoisotopic (exact) mass is 364 g/mol. The zero-order valence-electron chi connectivity index (χ0n) is 14.7. The molecule has 0 spiro atoms. The number of cyclic esters (lactones) is 1. The first-order chi connectivity index (χ1) is 12.3. The van der Waals surface area contributed by atoms with E-state index in [9.17, 15) is 14.4 Å². The maximum absolute atomic E-state index is 12.3. The van der Waals surface area contributed by atoms with E-state index in [1.54, 1.807) is 38.1 Å². The first-order valence-electron chi connectivity index (χ1n) is 8.16. The predicted octanol–water partition coefficient (Wildman–Crippen LogP) is 0.909. The lowest BCUT2D eigenvalue weighted by Gasteiger charge is -2.23. The maximum atomic E-state index is 12.3. The van der Waals surface area contributed by atoms with Crippen molar-refractivity contribution < 1.29 is 38.1 Å². The Labute approximate surface area is 150 Å². The van der Waals surface area contributed by atoms with E-state index in [1.807, 2.05) is 0 Å². The minimum atomic E-state index is -1.20. The molecule has 0 radical (unpaired) electrons. The number of carbonyl (C=O) groups excluding carboxylic acids is 3. The SMILES string of the molecule is COc1ccc(C(=O)CO[C@H]2C(=O)C(=O)O[C@@H]2[C@@H]2COC(C)(C)O2)cc1. The van der Waals surface area contributed by atoms with Crippen molar-refractivity contribution in [1.29, 1.82) is 0 Å². The molecule has 3 atom stereocenters. The molecule has 3 rings (SSSR count). The second kappa shape index (κ2) is 7.14. The average Bonchev–Trinajstić information content (AvgIpc) is 3.12. The quantitative estimate of drug-likeness (QED) is 0.417. The van der Waals surface area contributed by atoms with Gasteiger partial charge in [0.1, 0.15) is 18.5 Å². The Bertz CT molecular complexity index is 708. The zero-order valence-corrected chi connectivity index (χ0v) is 14.7. The highest BCUT2D eigenvalue weighted by Crippen LogP contribution is 2.30. The summed E-state index contributed by atoms with van der Waals surface area (Å²) in [6.45, 7) is 3.22. The van der Waals surface area contributed by atoms with Crippen LogP contribution in [0, 0.1) is 0 Å². The van der Waals surface area contributed by atoms with Crippen molar-refractivity contribution in [2.75, 3.05) is 20.3 Å². The molecule has 1 aromatic carbocycles. The van der Waals surface area contributed by atoms with Crippen LogP contribution in [0.15, 0.2) is 24.3 Å². The molecule has 0 amide bonds. The van der Waals surface area contributed by atoms with Gasteiger partial charge >= 0.3 is 5.97 Å². The van der Waals surface area contributed by atoms with Crippen molar-refractivity contribution in [3.05, 3.63) is 29.8 Å². The van der Waals surface area contributed by atoms with E-state index in [0.717, 1.165) is 0 Å². The number of esters is 1. The molecule has 0 bridgehead atoms. The van der Waals surface area contributed by atoms with Crippen LogP contribution in [0.5, 0.6) is 5.75 Å². The van der Waals surface area contributed by atoms with Gasteiger partial charge in [-0.2, -0.15) is 0 Å². The Kier molecular flexibility index (Phi) is 5.08. The third kappa shape index (κ3) is 3.77. The number of methoxy groups -OCH3 is 1. The molecule has 2 aliphatic rings. The number of hydrogen-bond donors (Lipinski definition) is 0. The van der Waals surface area contributed by atoms with E-state index < -0.39 is 35.9 Å². The number of rotatable bonds is 6. The molecule has 2 fully saturated rings. The van der Waals surface area contributed by atoms with Crippen LogP contribution in [-0.4, -0.2) is 62.0 Å². The Balaban J connectivity index is 1.65. The van der Waals surface area contributed by atoms with Crippen molar-refractivity contribution in [2.45, 2.75) is 37.9 Å². The second-order valence-electron chi connectivity index (χ2n) is 6.48. The zero-order chi connectivity index (χ0) is 18.9. The Morgan fingerprint density at radius 1 is 1.23 bits per heavy atom. The minimum absolute atomic E-state index is 0.157. The molecule has 8 nitrogen and oxygen atoms in total. The van der Waals surface area contributed by atoms with Crippen LogP contribution in [0.3, 0.4) is 0 Å². The van der Waals surface area contributed by atoms with Crippen molar-refractivity contribution in [1.82, 2.24) is 0 Å². The molecular formula is C18H20O8.